The van der Waals surface area contributed by atoms with E-state index in [1.807, 2.05) is 12.1 Å². The number of nitrogens with one attached hydrogen (secondary N) is 3. The number of imide groups is 1. The lowest BCUT2D eigenvalue weighted by atomic mass is 9.96. The number of rotatable bonds is 4. The van der Waals surface area contributed by atoms with E-state index >= 15 is 0 Å². The van der Waals surface area contributed by atoms with Crippen molar-refractivity contribution in [3.63, 3.8) is 0 Å². The van der Waals surface area contributed by atoms with Crippen molar-refractivity contribution in [3.8, 4) is 0 Å². The average Bonchev–Trinajstić information content (AvgIpc) is 3.13. The molecule has 7 heteroatoms. The standard InChI is InChI=1S/C21H28N4O2S/c26-19(24-21(27)22-16-8-2-1-3-9-16)14-25-12-6-7-15(13-25)20-23-17-10-4-5-11-18(17)28-20/h4-5,10-11,15-16H,1-3,6-9,12-14H2,(H2,22,24,26,27)/p+1/t15-/m0/s1. The van der Waals surface area contributed by atoms with E-state index in [0.29, 0.717) is 12.5 Å². The van der Waals surface area contributed by atoms with Gasteiger partial charge in [-0.3, -0.25) is 10.1 Å². The van der Waals surface area contributed by atoms with Crippen molar-refractivity contribution in [2.24, 2.45) is 0 Å². The number of amides is 3. The lowest BCUT2D eigenvalue weighted by molar-refractivity contribution is -0.898. The number of likely N-dealkylation sites (tertiary alicyclic amines) is 1. The number of nitrogens with zero attached hydrogens (tertiary/aromatic N) is 1. The minimum Gasteiger partial charge on any atom is -0.335 e. The molecule has 0 bridgehead atoms. The molecule has 3 amide bonds. The normalized spacial score (nSPS) is 23.4. The number of hydrogen-bond donors (Lipinski definition) is 3. The fourth-order valence-corrected chi connectivity index (χ4v) is 5.56. The SMILES string of the molecule is O=C(C[NH+]1CCC[C@H](c2nc3ccccc3s2)C1)NC(=O)NC1CCCCC1. The van der Waals surface area contributed by atoms with Crippen molar-refractivity contribution in [2.75, 3.05) is 19.6 Å². The monoisotopic (exact) mass is 401 g/mol. The van der Waals surface area contributed by atoms with Gasteiger partial charge in [0.25, 0.3) is 5.91 Å². The molecule has 0 spiro atoms. The highest BCUT2D eigenvalue weighted by Crippen LogP contribution is 2.30. The maximum atomic E-state index is 12.3. The third-order valence-electron chi connectivity index (χ3n) is 5.88. The highest BCUT2D eigenvalue weighted by molar-refractivity contribution is 7.18. The molecule has 1 saturated heterocycles. The van der Waals surface area contributed by atoms with Gasteiger partial charge in [-0.05, 0) is 37.8 Å². The Labute approximate surface area is 169 Å². The Morgan fingerprint density at radius 3 is 2.75 bits per heavy atom. The Morgan fingerprint density at radius 2 is 1.93 bits per heavy atom. The third kappa shape index (κ3) is 4.89. The van der Waals surface area contributed by atoms with Gasteiger partial charge in [-0.2, -0.15) is 0 Å². The van der Waals surface area contributed by atoms with Crippen LogP contribution < -0.4 is 15.5 Å². The number of piperidine rings is 1. The molecule has 2 fully saturated rings. The molecule has 0 radical (unpaired) electrons. The van der Waals surface area contributed by atoms with Gasteiger partial charge in [0.2, 0.25) is 0 Å². The molecule has 1 saturated carbocycles. The average molecular weight is 402 g/mol. The van der Waals surface area contributed by atoms with Gasteiger partial charge >= 0.3 is 6.03 Å². The van der Waals surface area contributed by atoms with E-state index in [9.17, 15) is 9.59 Å². The van der Waals surface area contributed by atoms with Crippen LogP contribution in [-0.2, 0) is 4.79 Å². The molecule has 3 N–H and O–H groups in total. The largest absolute Gasteiger partial charge is 0.335 e. The predicted octanol–water partition coefficient (Wildman–Crippen LogP) is 2.22. The summed E-state index contributed by atoms with van der Waals surface area (Å²) in [5.74, 6) is 0.207. The second-order valence-corrected chi connectivity index (χ2v) is 9.16. The van der Waals surface area contributed by atoms with Crippen LogP contribution in [0.15, 0.2) is 24.3 Å². The van der Waals surface area contributed by atoms with Gasteiger partial charge in [-0.15, -0.1) is 11.3 Å². The van der Waals surface area contributed by atoms with Crippen molar-refractivity contribution >= 4 is 33.5 Å². The predicted molar refractivity (Wildman–Crippen MR) is 111 cm³/mol. The van der Waals surface area contributed by atoms with Crippen molar-refractivity contribution < 1.29 is 14.5 Å². The van der Waals surface area contributed by atoms with Crippen LogP contribution in [0.2, 0.25) is 0 Å². The van der Waals surface area contributed by atoms with Gasteiger partial charge < -0.3 is 10.2 Å². The molecular weight excluding hydrogens is 372 g/mol. The zero-order valence-corrected chi connectivity index (χ0v) is 17.0. The summed E-state index contributed by atoms with van der Waals surface area (Å²) in [5, 5.41) is 6.65. The first-order valence-electron chi connectivity index (χ1n) is 10.5. The summed E-state index contributed by atoms with van der Waals surface area (Å²) in [6.07, 6.45) is 7.79. The summed E-state index contributed by atoms with van der Waals surface area (Å²) in [6, 6.07) is 8.12. The number of carbonyl (C=O) groups is 2. The van der Waals surface area contributed by atoms with Gasteiger partial charge in [0.05, 0.1) is 29.2 Å². The number of carbonyl (C=O) groups excluding carboxylic acids is 2. The van der Waals surface area contributed by atoms with Crippen LogP contribution in [0.3, 0.4) is 0 Å². The minimum atomic E-state index is -0.337. The topological polar surface area (TPSA) is 75.5 Å². The number of fused-ring (bicyclic) bond motifs is 1. The van der Waals surface area contributed by atoms with Gasteiger partial charge in [-0.25, -0.2) is 9.78 Å². The quantitative estimate of drug-likeness (QED) is 0.735. The summed E-state index contributed by atoms with van der Waals surface area (Å²) < 4.78 is 1.22. The van der Waals surface area contributed by atoms with E-state index in [1.165, 1.54) is 21.0 Å². The molecule has 150 valence electrons. The van der Waals surface area contributed by atoms with Crippen LogP contribution >= 0.6 is 11.3 Å². The van der Waals surface area contributed by atoms with Gasteiger partial charge in [-0.1, -0.05) is 31.4 Å². The zero-order valence-electron chi connectivity index (χ0n) is 16.2. The molecule has 2 aliphatic rings. The summed E-state index contributed by atoms with van der Waals surface area (Å²) in [5.41, 5.74) is 1.06. The van der Waals surface area contributed by atoms with E-state index in [1.54, 1.807) is 11.3 Å². The van der Waals surface area contributed by atoms with Gasteiger partial charge in [0.15, 0.2) is 6.54 Å². The third-order valence-corrected chi connectivity index (χ3v) is 7.08. The van der Waals surface area contributed by atoms with E-state index in [-0.39, 0.29) is 18.0 Å². The fraction of sp³-hybridized carbons (Fsp3) is 0.571. The summed E-state index contributed by atoms with van der Waals surface area (Å²) in [4.78, 5) is 30.5. The van der Waals surface area contributed by atoms with E-state index < -0.39 is 0 Å². The van der Waals surface area contributed by atoms with E-state index in [0.717, 1.165) is 57.1 Å². The lowest BCUT2D eigenvalue weighted by Gasteiger charge is -2.28. The van der Waals surface area contributed by atoms with Crippen molar-refractivity contribution in [1.29, 1.82) is 0 Å². The van der Waals surface area contributed by atoms with Crippen LogP contribution in [0.25, 0.3) is 10.2 Å². The second kappa shape index (κ2) is 9.01. The zero-order chi connectivity index (χ0) is 19.3. The first-order chi connectivity index (χ1) is 13.7. The number of aromatic nitrogens is 1. The van der Waals surface area contributed by atoms with Crippen LogP contribution in [0.4, 0.5) is 4.79 Å². The molecule has 2 aromatic rings. The molecule has 2 atom stereocenters. The van der Waals surface area contributed by atoms with Gasteiger partial charge in [0.1, 0.15) is 5.01 Å². The number of benzene rings is 1. The maximum Gasteiger partial charge on any atom is 0.321 e. The van der Waals surface area contributed by atoms with Crippen LogP contribution in [-0.4, -0.2) is 42.6 Å². The van der Waals surface area contributed by atoms with Crippen LogP contribution in [0.5, 0.6) is 0 Å². The summed E-state index contributed by atoms with van der Waals surface area (Å²) in [6.45, 7) is 2.22. The summed E-state index contributed by atoms with van der Waals surface area (Å²) in [7, 11) is 0. The Kier molecular flexibility index (Phi) is 6.22. The Morgan fingerprint density at radius 1 is 1.11 bits per heavy atom. The molecule has 6 nitrogen and oxygen atoms in total. The van der Waals surface area contributed by atoms with Crippen molar-refractivity contribution in [3.05, 3.63) is 29.3 Å². The van der Waals surface area contributed by atoms with Gasteiger partial charge in [0, 0.05) is 6.04 Å². The Bertz CT molecular complexity index is 798. The molecule has 1 aliphatic heterocycles. The van der Waals surface area contributed by atoms with Crippen molar-refractivity contribution in [1.82, 2.24) is 15.6 Å². The Hall–Kier alpha value is -1.99. The highest BCUT2D eigenvalue weighted by atomic mass is 32.1. The fourth-order valence-electron chi connectivity index (χ4n) is 4.45. The van der Waals surface area contributed by atoms with Crippen LogP contribution in [0, 0.1) is 0 Å². The number of thiazole rings is 1. The minimum absolute atomic E-state index is 0.187. The molecule has 2 heterocycles. The first kappa shape index (κ1) is 19.3. The molecule has 1 aromatic carbocycles. The van der Waals surface area contributed by atoms with E-state index in [2.05, 4.69) is 22.8 Å². The number of para-hydroxylation sites is 1. The number of quaternary nitrogens is 1. The molecule has 28 heavy (non-hydrogen) atoms. The van der Waals surface area contributed by atoms with Crippen molar-refractivity contribution in [2.45, 2.75) is 56.9 Å². The first-order valence-corrected chi connectivity index (χ1v) is 11.3. The highest BCUT2D eigenvalue weighted by Gasteiger charge is 2.29. The lowest BCUT2D eigenvalue weighted by Crippen LogP contribution is -3.14. The molecule has 1 aliphatic carbocycles. The molecule has 4 rings (SSSR count). The molecular formula is C21H29N4O2S+. The number of hydrogen-bond acceptors (Lipinski definition) is 4. The molecule has 1 aromatic heterocycles. The van der Waals surface area contributed by atoms with E-state index in [4.69, 9.17) is 4.98 Å². The number of urea groups is 1. The second-order valence-electron chi connectivity index (χ2n) is 8.10. The smallest absolute Gasteiger partial charge is 0.321 e. The Balaban J connectivity index is 1.28. The maximum absolute atomic E-state index is 12.3. The van der Waals surface area contributed by atoms with Crippen LogP contribution in [0.1, 0.15) is 55.9 Å². The summed E-state index contributed by atoms with van der Waals surface area (Å²) >= 11 is 1.77. The molecule has 1 unspecified atom stereocenters.